The number of ether oxygens (including phenoxy) is 1. The van der Waals surface area contributed by atoms with Crippen molar-refractivity contribution in [1.29, 1.82) is 0 Å². The van der Waals surface area contributed by atoms with Crippen LogP contribution in [0.3, 0.4) is 0 Å². The van der Waals surface area contributed by atoms with Crippen LogP contribution in [0.15, 0.2) is 0 Å². The summed E-state index contributed by atoms with van der Waals surface area (Å²) in [5, 5.41) is 3.45. The predicted octanol–water partition coefficient (Wildman–Crippen LogP) is 2.50. The Bertz CT molecular complexity index is 198. The zero-order valence-corrected chi connectivity index (χ0v) is 10.6. The van der Waals surface area contributed by atoms with Gasteiger partial charge in [0.05, 0.1) is 13.5 Å². The van der Waals surface area contributed by atoms with Gasteiger partial charge < -0.3 is 10.1 Å². The Labute approximate surface area is 98.9 Å². The van der Waals surface area contributed by atoms with Crippen LogP contribution in [0.4, 0.5) is 0 Å². The number of rotatable bonds is 6. The average molecular weight is 227 g/mol. The summed E-state index contributed by atoms with van der Waals surface area (Å²) in [5.41, 5.74) is 0. The molecule has 1 aliphatic carbocycles. The van der Waals surface area contributed by atoms with Gasteiger partial charge in [0, 0.05) is 12.6 Å². The highest BCUT2D eigenvalue weighted by Gasteiger charge is 2.19. The van der Waals surface area contributed by atoms with E-state index in [4.69, 9.17) is 0 Å². The SMILES string of the molecule is CCCC1CCC(NCCC(=O)OC)CC1. The molecule has 0 unspecified atom stereocenters. The van der Waals surface area contributed by atoms with Crippen molar-refractivity contribution in [3.05, 3.63) is 0 Å². The van der Waals surface area contributed by atoms with Gasteiger partial charge in [-0.1, -0.05) is 19.8 Å². The van der Waals surface area contributed by atoms with E-state index in [0.29, 0.717) is 12.5 Å². The predicted molar refractivity (Wildman–Crippen MR) is 65.3 cm³/mol. The van der Waals surface area contributed by atoms with Crippen molar-refractivity contribution in [2.75, 3.05) is 13.7 Å². The van der Waals surface area contributed by atoms with Crippen molar-refractivity contribution in [3.63, 3.8) is 0 Å². The number of esters is 1. The summed E-state index contributed by atoms with van der Waals surface area (Å²) in [7, 11) is 1.44. The van der Waals surface area contributed by atoms with Crippen molar-refractivity contribution in [2.24, 2.45) is 5.92 Å². The van der Waals surface area contributed by atoms with Crippen molar-refractivity contribution in [1.82, 2.24) is 5.32 Å². The molecule has 94 valence electrons. The van der Waals surface area contributed by atoms with Crippen molar-refractivity contribution < 1.29 is 9.53 Å². The molecule has 1 aliphatic rings. The standard InChI is InChI=1S/C13H25NO2/c1-3-4-11-5-7-12(8-6-11)14-10-9-13(15)16-2/h11-12,14H,3-10H2,1-2H3. The summed E-state index contributed by atoms with van der Waals surface area (Å²) in [6.45, 7) is 3.02. The first-order chi connectivity index (χ1) is 7.76. The van der Waals surface area contributed by atoms with Gasteiger partial charge >= 0.3 is 5.97 Å². The molecule has 0 heterocycles. The maximum absolute atomic E-state index is 10.9. The smallest absolute Gasteiger partial charge is 0.306 e. The first-order valence-corrected chi connectivity index (χ1v) is 6.56. The van der Waals surface area contributed by atoms with Crippen molar-refractivity contribution in [2.45, 2.75) is 57.9 Å². The van der Waals surface area contributed by atoms with Gasteiger partial charge in [-0.15, -0.1) is 0 Å². The number of hydrogen-bond donors (Lipinski definition) is 1. The molecule has 1 rings (SSSR count). The Morgan fingerprint density at radius 3 is 2.56 bits per heavy atom. The van der Waals surface area contributed by atoms with Gasteiger partial charge in [0.25, 0.3) is 0 Å². The highest BCUT2D eigenvalue weighted by molar-refractivity contribution is 5.69. The first-order valence-electron chi connectivity index (χ1n) is 6.56. The maximum atomic E-state index is 10.9. The van der Waals surface area contributed by atoms with Gasteiger partial charge in [0.15, 0.2) is 0 Å². The maximum Gasteiger partial charge on any atom is 0.306 e. The molecular formula is C13H25NO2. The van der Waals surface area contributed by atoms with E-state index < -0.39 is 0 Å². The van der Waals surface area contributed by atoms with Crippen LogP contribution in [0.5, 0.6) is 0 Å². The van der Waals surface area contributed by atoms with Gasteiger partial charge in [-0.3, -0.25) is 4.79 Å². The van der Waals surface area contributed by atoms with Crippen LogP contribution in [0.25, 0.3) is 0 Å². The number of nitrogens with one attached hydrogen (secondary N) is 1. The summed E-state index contributed by atoms with van der Waals surface area (Å²) < 4.78 is 4.61. The second kappa shape index (κ2) is 7.66. The van der Waals surface area contributed by atoms with Crippen LogP contribution in [0.1, 0.15) is 51.9 Å². The largest absolute Gasteiger partial charge is 0.469 e. The lowest BCUT2D eigenvalue weighted by Crippen LogP contribution is -2.34. The highest BCUT2D eigenvalue weighted by Crippen LogP contribution is 2.27. The number of hydrogen-bond acceptors (Lipinski definition) is 3. The molecule has 0 aromatic carbocycles. The molecule has 0 saturated heterocycles. The number of carbonyl (C=O) groups excluding carboxylic acids is 1. The molecule has 0 atom stereocenters. The average Bonchev–Trinajstić information content (AvgIpc) is 2.31. The van der Waals surface area contributed by atoms with Crippen LogP contribution in [0.2, 0.25) is 0 Å². The van der Waals surface area contributed by atoms with E-state index in [-0.39, 0.29) is 5.97 Å². The Morgan fingerprint density at radius 2 is 2.00 bits per heavy atom. The summed E-state index contributed by atoms with van der Waals surface area (Å²) >= 11 is 0. The molecule has 1 N–H and O–H groups in total. The quantitative estimate of drug-likeness (QED) is 0.709. The number of methoxy groups -OCH3 is 1. The zero-order valence-electron chi connectivity index (χ0n) is 10.6. The number of carbonyl (C=O) groups is 1. The van der Waals surface area contributed by atoms with E-state index in [1.165, 1.54) is 45.6 Å². The van der Waals surface area contributed by atoms with Gasteiger partial charge in [-0.05, 0) is 31.6 Å². The Morgan fingerprint density at radius 1 is 1.31 bits per heavy atom. The summed E-state index contributed by atoms with van der Waals surface area (Å²) in [6, 6.07) is 0.623. The topological polar surface area (TPSA) is 38.3 Å². The fourth-order valence-electron chi connectivity index (χ4n) is 2.54. The second-order valence-corrected chi connectivity index (χ2v) is 4.79. The van der Waals surface area contributed by atoms with Crippen molar-refractivity contribution >= 4 is 5.97 Å². The molecule has 0 radical (unpaired) electrons. The summed E-state index contributed by atoms with van der Waals surface area (Å²) in [5.74, 6) is 0.829. The molecule has 0 spiro atoms. The Balaban J connectivity index is 2.06. The molecule has 0 bridgehead atoms. The Hall–Kier alpha value is -0.570. The van der Waals surface area contributed by atoms with Crippen LogP contribution in [-0.2, 0) is 9.53 Å². The fraction of sp³-hybridized carbons (Fsp3) is 0.923. The minimum Gasteiger partial charge on any atom is -0.469 e. The fourth-order valence-corrected chi connectivity index (χ4v) is 2.54. The normalized spacial score (nSPS) is 25.4. The van der Waals surface area contributed by atoms with Gasteiger partial charge in [0.1, 0.15) is 0 Å². The van der Waals surface area contributed by atoms with Crippen molar-refractivity contribution in [3.8, 4) is 0 Å². The van der Waals surface area contributed by atoms with E-state index in [1.807, 2.05) is 0 Å². The zero-order chi connectivity index (χ0) is 11.8. The molecule has 1 saturated carbocycles. The van der Waals surface area contributed by atoms with Crippen LogP contribution >= 0.6 is 0 Å². The molecule has 3 nitrogen and oxygen atoms in total. The molecule has 16 heavy (non-hydrogen) atoms. The lowest BCUT2D eigenvalue weighted by Gasteiger charge is -2.28. The molecule has 0 aromatic rings. The van der Waals surface area contributed by atoms with Gasteiger partial charge in [-0.25, -0.2) is 0 Å². The highest BCUT2D eigenvalue weighted by atomic mass is 16.5. The molecule has 0 aliphatic heterocycles. The third-order valence-corrected chi connectivity index (χ3v) is 3.53. The van der Waals surface area contributed by atoms with E-state index in [9.17, 15) is 4.79 Å². The van der Waals surface area contributed by atoms with E-state index >= 15 is 0 Å². The van der Waals surface area contributed by atoms with Crippen LogP contribution < -0.4 is 5.32 Å². The third-order valence-electron chi connectivity index (χ3n) is 3.53. The van der Waals surface area contributed by atoms with Crippen LogP contribution in [0, 0.1) is 5.92 Å². The molecule has 0 amide bonds. The van der Waals surface area contributed by atoms with Gasteiger partial charge in [-0.2, -0.15) is 0 Å². The van der Waals surface area contributed by atoms with E-state index in [0.717, 1.165) is 12.5 Å². The molecular weight excluding hydrogens is 202 g/mol. The molecule has 0 aromatic heterocycles. The van der Waals surface area contributed by atoms with Gasteiger partial charge in [0.2, 0.25) is 0 Å². The second-order valence-electron chi connectivity index (χ2n) is 4.79. The lowest BCUT2D eigenvalue weighted by molar-refractivity contribution is -0.140. The van der Waals surface area contributed by atoms with Crippen LogP contribution in [-0.4, -0.2) is 25.7 Å². The summed E-state index contributed by atoms with van der Waals surface area (Å²) in [6.07, 6.45) is 8.43. The monoisotopic (exact) mass is 227 g/mol. The Kier molecular flexibility index (Phi) is 6.46. The van der Waals surface area contributed by atoms with E-state index in [2.05, 4.69) is 17.0 Å². The first kappa shape index (κ1) is 13.5. The molecule has 3 heteroatoms. The molecule has 1 fully saturated rings. The minimum atomic E-state index is -0.118. The third kappa shape index (κ3) is 4.97. The lowest BCUT2D eigenvalue weighted by atomic mass is 9.83. The summed E-state index contributed by atoms with van der Waals surface area (Å²) in [4.78, 5) is 10.9. The minimum absolute atomic E-state index is 0.118. The van der Waals surface area contributed by atoms with E-state index in [1.54, 1.807) is 0 Å².